The molecular formula is C14H20N4O2. The highest BCUT2D eigenvalue weighted by Gasteiger charge is 2.34. The minimum absolute atomic E-state index is 0.160. The standard InChI is InChI=1S/C14H20N4O2/c19-14(13-2-1-7-20-13)17-6-5-11(8-17)18-9-12(15-16-18)10-3-4-10/h9-11,13H,1-8H2/t11-,13-/m1/s1. The van der Waals surface area contributed by atoms with Gasteiger partial charge in [0.05, 0.1) is 11.7 Å². The zero-order chi connectivity index (χ0) is 13.5. The van der Waals surface area contributed by atoms with Crippen LogP contribution in [-0.4, -0.2) is 51.6 Å². The lowest BCUT2D eigenvalue weighted by atomic mass is 10.2. The first-order valence-corrected chi connectivity index (χ1v) is 7.63. The molecule has 3 heterocycles. The molecule has 2 saturated heterocycles. The molecule has 1 aliphatic carbocycles. The molecule has 6 heteroatoms. The van der Waals surface area contributed by atoms with E-state index < -0.39 is 0 Å². The molecular weight excluding hydrogens is 256 g/mol. The van der Waals surface area contributed by atoms with Gasteiger partial charge in [-0.05, 0) is 32.1 Å². The number of nitrogens with zero attached hydrogens (tertiary/aromatic N) is 4. The summed E-state index contributed by atoms with van der Waals surface area (Å²) in [6.07, 6.45) is 7.19. The van der Waals surface area contributed by atoms with Crippen molar-refractivity contribution in [2.75, 3.05) is 19.7 Å². The van der Waals surface area contributed by atoms with E-state index in [2.05, 4.69) is 16.5 Å². The van der Waals surface area contributed by atoms with E-state index in [0.29, 0.717) is 5.92 Å². The fraction of sp³-hybridized carbons (Fsp3) is 0.786. The predicted molar refractivity (Wildman–Crippen MR) is 71.2 cm³/mol. The normalized spacial score (nSPS) is 30.1. The van der Waals surface area contributed by atoms with E-state index in [1.54, 1.807) is 0 Å². The van der Waals surface area contributed by atoms with Crippen molar-refractivity contribution < 1.29 is 9.53 Å². The Morgan fingerprint density at radius 1 is 1.30 bits per heavy atom. The number of amides is 1. The smallest absolute Gasteiger partial charge is 0.251 e. The third kappa shape index (κ3) is 2.22. The summed E-state index contributed by atoms with van der Waals surface area (Å²) in [4.78, 5) is 14.2. The molecule has 108 valence electrons. The number of likely N-dealkylation sites (tertiary alicyclic amines) is 1. The third-order valence-electron chi connectivity index (χ3n) is 4.58. The molecule has 1 amide bonds. The first-order chi connectivity index (χ1) is 9.81. The third-order valence-corrected chi connectivity index (χ3v) is 4.58. The second-order valence-electron chi connectivity index (χ2n) is 6.13. The van der Waals surface area contributed by atoms with Crippen molar-refractivity contribution in [1.29, 1.82) is 0 Å². The lowest BCUT2D eigenvalue weighted by Crippen LogP contribution is -2.37. The number of hydrogen-bond donors (Lipinski definition) is 0. The van der Waals surface area contributed by atoms with Crippen LogP contribution in [0.25, 0.3) is 0 Å². The largest absolute Gasteiger partial charge is 0.368 e. The van der Waals surface area contributed by atoms with E-state index in [-0.39, 0.29) is 18.1 Å². The quantitative estimate of drug-likeness (QED) is 0.829. The van der Waals surface area contributed by atoms with Gasteiger partial charge in [0.25, 0.3) is 5.91 Å². The first kappa shape index (κ1) is 12.3. The highest BCUT2D eigenvalue weighted by Crippen LogP contribution is 2.39. The van der Waals surface area contributed by atoms with Crippen molar-refractivity contribution in [2.24, 2.45) is 0 Å². The number of carbonyl (C=O) groups excluding carboxylic acids is 1. The van der Waals surface area contributed by atoms with Crippen LogP contribution in [-0.2, 0) is 9.53 Å². The van der Waals surface area contributed by atoms with E-state index >= 15 is 0 Å². The van der Waals surface area contributed by atoms with Crippen molar-refractivity contribution in [3.63, 3.8) is 0 Å². The molecule has 0 spiro atoms. The molecule has 1 aromatic rings. The maximum Gasteiger partial charge on any atom is 0.251 e. The van der Waals surface area contributed by atoms with Gasteiger partial charge in [-0.2, -0.15) is 0 Å². The minimum atomic E-state index is -0.202. The predicted octanol–water partition coefficient (Wildman–Crippen LogP) is 1.11. The lowest BCUT2D eigenvalue weighted by Gasteiger charge is -2.19. The van der Waals surface area contributed by atoms with Gasteiger partial charge in [0, 0.05) is 31.8 Å². The molecule has 3 aliphatic rings. The summed E-state index contributed by atoms with van der Waals surface area (Å²) < 4.78 is 7.44. The van der Waals surface area contributed by atoms with E-state index in [0.717, 1.165) is 44.7 Å². The van der Waals surface area contributed by atoms with Crippen LogP contribution >= 0.6 is 0 Å². The van der Waals surface area contributed by atoms with Crippen LogP contribution < -0.4 is 0 Å². The van der Waals surface area contributed by atoms with Crippen LogP contribution in [0.4, 0.5) is 0 Å². The second-order valence-corrected chi connectivity index (χ2v) is 6.13. The molecule has 2 atom stereocenters. The van der Waals surface area contributed by atoms with Crippen LogP contribution in [0.5, 0.6) is 0 Å². The molecule has 0 aromatic carbocycles. The maximum atomic E-state index is 12.3. The Balaban J connectivity index is 1.40. The number of rotatable bonds is 3. The summed E-state index contributed by atoms with van der Waals surface area (Å²) >= 11 is 0. The van der Waals surface area contributed by atoms with Crippen LogP contribution in [0.1, 0.15) is 49.8 Å². The Morgan fingerprint density at radius 3 is 2.95 bits per heavy atom. The van der Waals surface area contributed by atoms with E-state index in [1.807, 2.05) is 9.58 Å². The molecule has 2 aliphatic heterocycles. The van der Waals surface area contributed by atoms with Gasteiger partial charge >= 0.3 is 0 Å². The Kier molecular flexibility index (Phi) is 2.98. The minimum Gasteiger partial charge on any atom is -0.368 e. The van der Waals surface area contributed by atoms with Gasteiger partial charge in [-0.25, -0.2) is 4.68 Å². The summed E-state index contributed by atoms with van der Waals surface area (Å²) in [6, 6.07) is 0.278. The topological polar surface area (TPSA) is 60.2 Å². The monoisotopic (exact) mass is 276 g/mol. The van der Waals surface area contributed by atoms with Crippen molar-refractivity contribution in [2.45, 2.75) is 50.2 Å². The van der Waals surface area contributed by atoms with Gasteiger partial charge in [0.15, 0.2) is 0 Å². The molecule has 0 N–H and O–H groups in total. The van der Waals surface area contributed by atoms with E-state index in [9.17, 15) is 4.79 Å². The van der Waals surface area contributed by atoms with Gasteiger partial charge in [-0.15, -0.1) is 5.10 Å². The van der Waals surface area contributed by atoms with Crippen LogP contribution in [0, 0.1) is 0 Å². The van der Waals surface area contributed by atoms with Gasteiger partial charge < -0.3 is 9.64 Å². The Labute approximate surface area is 118 Å². The van der Waals surface area contributed by atoms with E-state index in [1.165, 1.54) is 12.8 Å². The van der Waals surface area contributed by atoms with Gasteiger partial charge in [0.1, 0.15) is 6.10 Å². The number of aromatic nitrogens is 3. The molecule has 0 unspecified atom stereocenters. The van der Waals surface area contributed by atoms with Crippen molar-refractivity contribution in [3.8, 4) is 0 Å². The summed E-state index contributed by atoms with van der Waals surface area (Å²) in [6.45, 7) is 2.27. The fourth-order valence-corrected chi connectivity index (χ4v) is 3.17. The zero-order valence-electron chi connectivity index (χ0n) is 11.6. The fourth-order valence-electron chi connectivity index (χ4n) is 3.17. The Morgan fingerprint density at radius 2 is 2.20 bits per heavy atom. The molecule has 6 nitrogen and oxygen atoms in total. The molecule has 4 rings (SSSR count). The molecule has 0 radical (unpaired) electrons. The highest BCUT2D eigenvalue weighted by atomic mass is 16.5. The summed E-state index contributed by atoms with van der Waals surface area (Å²) in [7, 11) is 0. The first-order valence-electron chi connectivity index (χ1n) is 7.63. The number of hydrogen-bond acceptors (Lipinski definition) is 4. The van der Waals surface area contributed by atoms with Crippen LogP contribution in [0.2, 0.25) is 0 Å². The summed E-state index contributed by atoms with van der Waals surface area (Å²) in [5.74, 6) is 0.794. The average Bonchev–Trinajstić information content (AvgIpc) is 2.98. The number of carbonyl (C=O) groups is 1. The average molecular weight is 276 g/mol. The highest BCUT2D eigenvalue weighted by molar-refractivity contribution is 5.81. The van der Waals surface area contributed by atoms with Crippen LogP contribution in [0.3, 0.4) is 0 Å². The second kappa shape index (κ2) is 4.84. The molecule has 1 aromatic heterocycles. The van der Waals surface area contributed by atoms with Gasteiger partial charge in [-0.1, -0.05) is 5.21 Å². The number of ether oxygens (including phenoxy) is 1. The lowest BCUT2D eigenvalue weighted by molar-refractivity contribution is -0.139. The zero-order valence-corrected chi connectivity index (χ0v) is 11.6. The van der Waals surface area contributed by atoms with Crippen molar-refractivity contribution in [1.82, 2.24) is 19.9 Å². The maximum absolute atomic E-state index is 12.3. The Bertz CT molecular complexity index is 505. The van der Waals surface area contributed by atoms with E-state index in [4.69, 9.17) is 4.74 Å². The molecule has 0 bridgehead atoms. The molecule has 1 saturated carbocycles. The Hall–Kier alpha value is -1.43. The van der Waals surface area contributed by atoms with Crippen molar-refractivity contribution in [3.05, 3.63) is 11.9 Å². The van der Waals surface area contributed by atoms with Crippen molar-refractivity contribution >= 4 is 5.91 Å². The van der Waals surface area contributed by atoms with Gasteiger partial charge in [-0.3, -0.25) is 4.79 Å². The van der Waals surface area contributed by atoms with Crippen LogP contribution in [0.15, 0.2) is 6.20 Å². The van der Waals surface area contributed by atoms with Gasteiger partial charge in [0.2, 0.25) is 0 Å². The molecule has 3 fully saturated rings. The molecule has 20 heavy (non-hydrogen) atoms. The SMILES string of the molecule is O=C([C@H]1CCCO1)N1CC[C@@H](n2cc(C3CC3)nn2)C1. The summed E-state index contributed by atoms with van der Waals surface area (Å²) in [5, 5.41) is 8.50. The summed E-state index contributed by atoms with van der Waals surface area (Å²) in [5.41, 5.74) is 1.12.